The predicted molar refractivity (Wildman–Crippen MR) is 49.9 cm³/mol. The van der Waals surface area contributed by atoms with Gasteiger partial charge in [-0.2, -0.15) is 13.2 Å². The summed E-state index contributed by atoms with van der Waals surface area (Å²) in [5, 5.41) is 0.475. The van der Waals surface area contributed by atoms with Crippen LogP contribution in [-0.2, 0) is 0 Å². The molecule has 0 aromatic rings. The van der Waals surface area contributed by atoms with Crippen LogP contribution < -0.4 is 0 Å². The molecule has 0 bridgehead atoms. The Balaban J connectivity index is 2.25. The molecule has 0 aromatic heterocycles. The lowest BCUT2D eigenvalue weighted by atomic mass is 9.79. The minimum absolute atomic E-state index is 0.217. The fourth-order valence-corrected chi connectivity index (χ4v) is 2.22. The summed E-state index contributed by atoms with van der Waals surface area (Å²) >= 11 is 3.15. The highest BCUT2D eigenvalue weighted by atomic mass is 79.9. The Morgan fingerprint density at radius 3 is 2.23 bits per heavy atom. The van der Waals surface area contributed by atoms with Crippen molar-refractivity contribution < 1.29 is 13.2 Å². The standard InChI is InChI=1S/C9H14BrF3/c10-6-8(5-9(11,12)13)4-7-2-1-3-7/h7-8H,1-6H2. The third kappa shape index (κ3) is 4.34. The number of alkyl halides is 4. The zero-order valence-corrected chi connectivity index (χ0v) is 9.00. The van der Waals surface area contributed by atoms with Gasteiger partial charge in [-0.3, -0.25) is 0 Å². The second kappa shape index (κ2) is 4.67. The van der Waals surface area contributed by atoms with Crippen LogP contribution in [0, 0.1) is 11.8 Å². The van der Waals surface area contributed by atoms with Gasteiger partial charge in [0, 0.05) is 11.8 Å². The molecule has 0 amide bonds. The van der Waals surface area contributed by atoms with Crippen LogP contribution in [0.5, 0.6) is 0 Å². The van der Waals surface area contributed by atoms with Gasteiger partial charge in [0.05, 0.1) is 0 Å². The van der Waals surface area contributed by atoms with Crippen LogP contribution in [0.1, 0.15) is 32.1 Å². The molecular formula is C9H14BrF3. The highest BCUT2D eigenvalue weighted by Crippen LogP contribution is 2.36. The van der Waals surface area contributed by atoms with Gasteiger partial charge in [0.2, 0.25) is 0 Å². The number of rotatable bonds is 4. The van der Waals surface area contributed by atoms with E-state index in [1.807, 2.05) is 0 Å². The summed E-state index contributed by atoms with van der Waals surface area (Å²) in [5.41, 5.74) is 0. The first kappa shape index (κ1) is 11.3. The van der Waals surface area contributed by atoms with E-state index < -0.39 is 12.6 Å². The van der Waals surface area contributed by atoms with Gasteiger partial charge < -0.3 is 0 Å². The number of halogens is 4. The highest BCUT2D eigenvalue weighted by molar-refractivity contribution is 9.09. The first-order valence-corrected chi connectivity index (χ1v) is 5.76. The van der Waals surface area contributed by atoms with Gasteiger partial charge in [-0.05, 0) is 18.3 Å². The highest BCUT2D eigenvalue weighted by Gasteiger charge is 2.33. The van der Waals surface area contributed by atoms with E-state index in [2.05, 4.69) is 15.9 Å². The Hall–Kier alpha value is 0.270. The fraction of sp³-hybridized carbons (Fsp3) is 1.00. The fourth-order valence-electron chi connectivity index (χ4n) is 1.73. The molecule has 1 unspecified atom stereocenters. The second-order valence-electron chi connectivity index (χ2n) is 3.87. The van der Waals surface area contributed by atoms with E-state index in [0.717, 1.165) is 19.3 Å². The molecule has 0 spiro atoms. The van der Waals surface area contributed by atoms with Gasteiger partial charge in [-0.15, -0.1) is 0 Å². The van der Waals surface area contributed by atoms with Gasteiger partial charge in [0.1, 0.15) is 0 Å². The molecule has 4 heteroatoms. The summed E-state index contributed by atoms with van der Waals surface area (Å²) < 4.78 is 36.1. The molecule has 1 aliphatic carbocycles. The van der Waals surface area contributed by atoms with Crippen LogP contribution >= 0.6 is 15.9 Å². The van der Waals surface area contributed by atoms with Crippen molar-refractivity contribution in [3.05, 3.63) is 0 Å². The molecule has 0 radical (unpaired) electrons. The summed E-state index contributed by atoms with van der Waals surface area (Å²) in [6.45, 7) is 0. The molecule has 1 atom stereocenters. The maximum Gasteiger partial charge on any atom is 0.389 e. The lowest BCUT2D eigenvalue weighted by Crippen LogP contribution is -2.22. The van der Waals surface area contributed by atoms with E-state index in [0.29, 0.717) is 11.2 Å². The average molecular weight is 259 g/mol. The van der Waals surface area contributed by atoms with E-state index in [1.54, 1.807) is 0 Å². The van der Waals surface area contributed by atoms with Crippen molar-refractivity contribution in [3.63, 3.8) is 0 Å². The molecule has 1 aliphatic rings. The quantitative estimate of drug-likeness (QED) is 0.665. The summed E-state index contributed by atoms with van der Waals surface area (Å²) in [7, 11) is 0. The molecule has 0 aromatic carbocycles. The van der Waals surface area contributed by atoms with Crippen LogP contribution in [0.3, 0.4) is 0 Å². The summed E-state index contributed by atoms with van der Waals surface area (Å²) in [5.74, 6) is 0.343. The van der Waals surface area contributed by atoms with Crippen LogP contribution in [0.4, 0.5) is 13.2 Å². The Morgan fingerprint density at radius 1 is 1.31 bits per heavy atom. The van der Waals surface area contributed by atoms with Gasteiger partial charge in [0.15, 0.2) is 0 Å². The van der Waals surface area contributed by atoms with Crippen molar-refractivity contribution in [2.75, 3.05) is 5.33 Å². The minimum atomic E-state index is -4.00. The number of hydrogen-bond acceptors (Lipinski definition) is 0. The first-order chi connectivity index (χ1) is 6.01. The van der Waals surface area contributed by atoms with Crippen molar-refractivity contribution in [3.8, 4) is 0 Å². The third-order valence-electron chi connectivity index (χ3n) is 2.63. The second-order valence-corrected chi connectivity index (χ2v) is 4.52. The van der Waals surface area contributed by atoms with Crippen LogP contribution in [-0.4, -0.2) is 11.5 Å². The zero-order chi connectivity index (χ0) is 9.90. The van der Waals surface area contributed by atoms with Gasteiger partial charge >= 0.3 is 6.18 Å². The Bertz CT molecular complexity index is 151. The van der Waals surface area contributed by atoms with E-state index in [9.17, 15) is 13.2 Å². The normalized spacial score (nSPS) is 21.2. The first-order valence-electron chi connectivity index (χ1n) is 4.64. The largest absolute Gasteiger partial charge is 0.389 e. The summed E-state index contributed by atoms with van der Waals surface area (Å²) in [4.78, 5) is 0. The Kier molecular flexibility index (Phi) is 4.07. The molecule has 0 aliphatic heterocycles. The average Bonchev–Trinajstić information content (AvgIpc) is 1.91. The molecule has 0 nitrogen and oxygen atoms in total. The SMILES string of the molecule is FC(F)(F)CC(CBr)CC1CCC1. The predicted octanol–water partition coefficient (Wildman–Crippen LogP) is 4.14. The molecule has 0 N–H and O–H groups in total. The maximum absolute atomic E-state index is 12.0. The third-order valence-corrected chi connectivity index (χ3v) is 3.55. The van der Waals surface area contributed by atoms with Gasteiger partial charge in [-0.1, -0.05) is 35.2 Å². The molecule has 78 valence electrons. The van der Waals surface area contributed by atoms with E-state index in [1.165, 1.54) is 6.42 Å². The lowest BCUT2D eigenvalue weighted by molar-refractivity contribution is -0.144. The van der Waals surface area contributed by atoms with Gasteiger partial charge in [0.25, 0.3) is 0 Å². The zero-order valence-electron chi connectivity index (χ0n) is 7.41. The summed E-state index contributed by atoms with van der Waals surface area (Å²) in [6.07, 6.45) is -0.434. The molecule has 0 saturated heterocycles. The van der Waals surface area contributed by atoms with Crippen LogP contribution in [0.2, 0.25) is 0 Å². The topological polar surface area (TPSA) is 0 Å². The Labute approximate surface area is 85.0 Å². The van der Waals surface area contributed by atoms with Crippen molar-refractivity contribution in [1.82, 2.24) is 0 Å². The van der Waals surface area contributed by atoms with Crippen molar-refractivity contribution in [2.45, 2.75) is 38.3 Å². The summed E-state index contributed by atoms with van der Waals surface area (Å²) in [6, 6.07) is 0. The molecule has 1 fully saturated rings. The van der Waals surface area contributed by atoms with Gasteiger partial charge in [-0.25, -0.2) is 0 Å². The van der Waals surface area contributed by atoms with Crippen LogP contribution in [0.15, 0.2) is 0 Å². The molecule has 13 heavy (non-hydrogen) atoms. The number of hydrogen-bond donors (Lipinski definition) is 0. The monoisotopic (exact) mass is 258 g/mol. The maximum atomic E-state index is 12.0. The van der Waals surface area contributed by atoms with E-state index in [4.69, 9.17) is 0 Å². The Morgan fingerprint density at radius 2 is 1.92 bits per heavy atom. The minimum Gasteiger partial charge on any atom is -0.171 e. The molecular weight excluding hydrogens is 245 g/mol. The smallest absolute Gasteiger partial charge is 0.171 e. The van der Waals surface area contributed by atoms with Crippen molar-refractivity contribution >= 4 is 15.9 Å². The molecule has 1 rings (SSSR count). The molecule has 0 heterocycles. The van der Waals surface area contributed by atoms with Crippen molar-refractivity contribution in [2.24, 2.45) is 11.8 Å². The van der Waals surface area contributed by atoms with Crippen LogP contribution in [0.25, 0.3) is 0 Å². The lowest BCUT2D eigenvalue weighted by Gasteiger charge is -2.29. The molecule has 1 saturated carbocycles. The van der Waals surface area contributed by atoms with Crippen molar-refractivity contribution in [1.29, 1.82) is 0 Å². The van der Waals surface area contributed by atoms with E-state index in [-0.39, 0.29) is 5.92 Å². The van der Waals surface area contributed by atoms with E-state index >= 15 is 0 Å².